The van der Waals surface area contributed by atoms with Crippen molar-refractivity contribution in [1.29, 1.82) is 5.26 Å². The van der Waals surface area contributed by atoms with Gasteiger partial charge in [0.2, 0.25) is 0 Å². The van der Waals surface area contributed by atoms with Crippen molar-refractivity contribution in [2.45, 2.75) is 25.5 Å². The molecule has 0 radical (unpaired) electrons. The SMILES string of the molecule is N#CCc1ncc(OC(F)(F)F)c(CN)c1C(F)(F)F. The molecule has 10 heteroatoms. The molecule has 0 bridgehead atoms. The lowest BCUT2D eigenvalue weighted by Gasteiger charge is -2.19. The monoisotopic (exact) mass is 299 g/mol. The van der Waals surface area contributed by atoms with Gasteiger partial charge in [-0.15, -0.1) is 13.2 Å². The molecule has 0 aliphatic heterocycles. The van der Waals surface area contributed by atoms with Crippen molar-refractivity contribution < 1.29 is 31.1 Å². The minimum atomic E-state index is -5.18. The van der Waals surface area contributed by atoms with Gasteiger partial charge in [-0.25, -0.2) is 0 Å². The van der Waals surface area contributed by atoms with Crippen molar-refractivity contribution in [3.8, 4) is 11.8 Å². The van der Waals surface area contributed by atoms with Crippen LogP contribution in [-0.4, -0.2) is 11.3 Å². The number of hydrogen-bond acceptors (Lipinski definition) is 4. The summed E-state index contributed by atoms with van der Waals surface area (Å²) < 4.78 is 78.5. The first-order chi connectivity index (χ1) is 9.10. The van der Waals surface area contributed by atoms with Crippen molar-refractivity contribution in [1.82, 2.24) is 4.98 Å². The molecule has 4 nitrogen and oxygen atoms in total. The number of rotatable bonds is 3. The number of ether oxygens (including phenoxy) is 1. The first-order valence-electron chi connectivity index (χ1n) is 5.01. The standard InChI is InChI=1S/C10H7F6N3O/c11-9(12,13)8-5(3-18)7(20-10(14,15)16)4-19-6(8)1-2-17/h4H,1,3,18H2. The molecule has 0 aliphatic carbocycles. The number of pyridine rings is 1. The third-order valence-electron chi connectivity index (χ3n) is 2.19. The van der Waals surface area contributed by atoms with Crippen LogP contribution in [0, 0.1) is 11.3 Å². The first kappa shape index (κ1) is 16.0. The minimum Gasteiger partial charge on any atom is -0.404 e. The molecule has 0 unspecified atom stereocenters. The fourth-order valence-electron chi connectivity index (χ4n) is 1.54. The maximum absolute atomic E-state index is 12.9. The zero-order valence-corrected chi connectivity index (χ0v) is 9.64. The molecule has 0 atom stereocenters. The molecule has 2 N–H and O–H groups in total. The molecule has 20 heavy (non-hydrogen) atoms. The second-order valence-corrected chi connectivity index (χ2v) is 3.51. The average Bonchev–Trinajstić information content (AvgIpc) is 2.27. The van der Waals surface area contributed by atoms with E-state index in [9.17, 15) is 26.3 Å². The molecule has 1 aromatic rings. The molecule has 0 saturated carbocycles. The van der Waals surface area contributed by atoms with E-state index >= 15 is 0 Å². The van der Waals surface area contributed by atoms with E-state index in [1.165, 1.54) is 6.07 Å². The molecular weight excluding hydrogens is 292 g/mol. The second-order valence-electron chi connectivity index (χ2n) is 3.51. The van der Waals surface area contributed by atoms with Gasteiger partial charge in [0, 0.05) is 12.1 Å². The van der Waals surface area contributed by atoms with Crippen molar-refractivity contribution in [2.75, 3.05) is 0 Å². The second kappa shape index (κ2) is 5.54. The third-order valence-corrected chi connectivity index (χ3v) is 2.19. The van der Waals surface area contributed by atoms with Crippen molar-refractivity contribution in [2.24, 2.45) is 5.73 Å². The predicted molar refractivity (Wildman–Crippen MR) is 53.1 cm³/mol. The molecule has 0 aromatic carbocycles. The quantitative estimate of drug-likeness (QED) is 0.870. The fraction of sp³-hybridized carbons (Fsp3) is 0.400. The summed E-state index contributed by atoms with van der Waals surface area (Å²) in [5.41, 5.74) is 2.01. The minimum absolute atomic E-state index is 0.470. The van der Waals surface area contributed by atoms with Crippen LogP contribution in [0.25, 0.3) is 0 Å². The van der Waals surface area contributed by atoms with E-state index in [0.717, 1.165) is 0 Å². The van der Waals surface area contributed by atoms with Crippen LogP contribution in [0.5, 0.6) is 5.75 Å². The van der Waals surface area contributed by atoms with Crippen LogP contribution in [0.3, 0.4) is 0 Å². The van der Waals surface area contributed by atoms with Gasteiger partial charge in [-0.2, -0.15) is 18.4 Å². The lowest BCUT2D eigenvalue weighted by molar-refractivity contribution is -0.275. The summed E-state index contributed by atoms with van der Waals surface area (Å²) in [6, 6.07) is 1.45. The molecule has 1 heterocycles. The van der Waals surface area contributed by atoms with Gasteiger partial charge in [0.15, 0.2) is 5.75 Å². The number of nitrogens with zero attached hydrogens (tertiary/aromatic N) is 2. The van der Waals surface area contributed by atoms with E-state index in [1.807, 2.05) is 0 Å². The number of aromatic nitrogens is 1. The molecule has 0 fully saturated rings. The van der Waals surface area contributed by atoms with Crippen LogP contribution in [0.4, 0.5) is 26.3 Å². The molecule has 0 spiro atoms. The predicted octanol–water partition coefficient (Wildman–Crippen LogP) is 2.52. The van der Waals surface area contributed by atoms with E-state index in [-0.39, 0.29) is 0 Å². The number of hydrogen-bond donors (Lipinski definition) is 1. The summed E-state index contributed by atoms with van der Waals surface area (Å²) in [5.74, 6) is -1.13. The smallest absolute Gasteiger partial charge is 0.404 e. The molecule has 1 aromatic heterocycles. The van der Waals surface area contributed by atoms with Crippen LogP contribution in [0.2, 0.25) is 0 Å². The average molecular weight is 299 g/mol. The molecule has 0 saturated heterocycles. The fourth-order valence-corrected chi connectivity index (χ4v) is 1.54. The maximum atomic E-state index is 12.9. The Morgan fingerprint density at radius 2 is 1.85 bits per heavy atom. The van der Waals surface area contributed by atoms with Gasteiger partial charge in [-0.3, -0.25) is 4.98 Å². The van der Waals surface area contributed by atoms with Crippen LogP contribution in [-0.2, 0) is 19.1 Å². The Balaban J connectivity index is 3.49. The van der Waals surface area contributed by atoms with Gasteiger partial charge < -0.3 is 10.5 Å². The highest BCUT2D eigenvalue weighted by atomic mass is 19.4. The van der Waals surface area contributed by atoms with Crippen molar-refractivity contribution in [3.63, 3.8) is 0 Å². The summed E-state index contributed by atoms with van der Waals surface area (Å²) in [5, 5.41) is 8.43. The number of nitrogens with two attached hydrogens (primary N) is 1. The third kappa shape index (κ3) is 3.74. The summed E-state index contributed by atoms with van der Waals surface area (Å²) in [7, 11) is 0. The van der Waals surface area contributed by atoms with Crippen molar-refractivity contribution in [3.05, 3.63) is 23.0 Å². The molecular formula is C10H7F6N3O. The maximum Gasteiger partial charge on any atom is 0.573 e. The Labute approximate surface area is 108 Å². The highest BCUT2D eigenvalue weighted by Gasteiger charge is 2.40. The van der Waals surface area contributed by atoms with E-state index in [2.05, 4.69) is 9.72 Å². The Hall–Kier alpha value is -2.02. The van der Waals surface area contributed by atoms with E-state index in [4.69, 9.17) is 11.0 Å². The van der Waals surface area contributed by atoms with Gasteiger partial charge in [0.05, 0.1) is 29.9 Å². The highest BCUT2D eigenvalue weighted by molar-refractivity contribution is 5.43. The summed E-state index contributed by atoms with van der Waals surface area (Å²) in [6.07, 6.45) is -10.4. The lowest BCUT2D eigenvalue weighted by Crippen LogP contribution is -2.22. The number of alkyl halides is 6. The summed E-state index contributed by atoms with van der Waals surface area (Å²) >= 11 is 0. The van der Waals surface area contributed by atoms with Crippen LogP contribution in [0.1, 0.15) is 16.8 Å². The van der Waals surface area contributed by atoms with E-state index in [0.29, 0.717) is 6.20 Å². The van der Waals surface area contributed by atoms with Crippen LogP contribution >= 0.6 is 0 Å². The molecule has 0 amide bonds. The van der Waals surface area contributed by atoms with Gasteiger partial charge in [0.1, 0.15) is 0 Å². The number of halogens is 6. The number of nitriles is 1. The Kier molecular flexibility index (Phi) is 4.44. The Bertz CT molecular complexity index is 532. The summed E-state index contributed by atoms with van der Waals surface area (Å²) in [4.78, 5) is 3.20. The zero-order chi connectivity index (χ0) is 15.6. The van der Waals surface area contributed by atoms with E-state index in [1.54, 1.807) is 0 Å². The largest absolute Gasteiger partial charge is 0.573 e. The van der Waals surface area contributed by atoms with Gasteiger partial charge in [0.25, 0.3) is 0 Å². The normalized spacial score (nSPS) is 12.1. The van der Waals surface area contributed by atoms with Gasteiger partial charge in [-0.1, -0.05) is 0 Å². The molecule has 0 aliphatic rings. The van der Waals surface area contributed by atoms with Gasteiger partial charge >= 0.3 is 12.5 Å². The Morgan fingerprint density at radius 1 is 1.25 bits per heavy atom. The van der Waals surface area contributed by atoms with Crippen molar-refractivity contribution >= 4 is 0 Å². The summed E-state index contributed by atoms with van der Waals surface area (Å²) in [6.45, 7) is -0.846. The molecule has 110 valence electrons. The Morgan fingerprint density at radius 3 is 2.25 bits per heavy atom. The first-order valence-corrected chi connectivity index (χ1v) is 5.01. The topological polar surface area (TPSA) is 71.9 Å². The van der Waals surface area contributed by atoms with E-state index < -0.39 is 48.1 Å². The molecule has 1 rings (SSSR count). The zero-order valence-electron chi connectivity index (χ0n) is 9.64. The van der Waals surface area contributed by atoms with Crippen LogP contribution < -0.4 is 10.5 Å². The lowest BCUT2D eigenvalue weighted by atomic mass is 10.0. The van der Waals surface area contributed by atoms with Crippen LogP contribution in [0.15, 0.2) is 6.20 Å². The highest BCUT2D eigenvalue weighted by Crippen LogP contribution is 2.39. The van der Waals surface area contributed by atoms with Gasteiger partial charge in [-0.05, 0) is 0 Å².